The highest BCUT2D eigenvalue weighted by Crippen LogP contribution is 2.27. The van der Waals surface area contributed by atoms with Gasteiger partial charge in [-0.1, -0.05) is 23.8 Å². The molecule has 0 amide bonds. The predicted molar refractivity (Wildman–Crippen MR) is 87.1 cm³/mol. The first-order chi connectivity index (χ1) is 10.2. The van der Waals surface area contributed by atoms with Gasteiger partial charge in [0.15, 0.2) is 9.84 Å². The Labute approximate surface area is 132 Å². The van der Waals surface area contributed by atoms with E-state index in [0.717, 1.165) is 22.4 Å². The van der Waals surface area contributed by atoms with Crippen LogP contribution in [0.2, 0.25) is 0 Å². The average Bonchev–Trinajstić information content (AvgIpc) is 2.38. The zero-order valence-corrected chi connectivity index (χ0v) is 14.4. The Morgan fingerprint density at radius 1 is 1.05 bits per heavy atom. The molecule has 0 saturated heterocycles. The van der Waals surface area contributed by atoms with Crippen LogP contribution in [0.15, 0.2) is 29.2 Å². The highest BCUT2D eigenvalue weighted by atomic mass is 32.2. The minimum atomic E-state index is -3.46. The lowest BCUT2D eigenvalue weighted by Gasteiger charge is -2.13. The number of aryl methyl sites for hydroxylation is 4. The average molecular weight is 319 g/mol. The van der Waals surface area contributed by atoms with Gasteiger partial charge in [0.05, 0.1) is 17.8 Å². The molecule has 5 heteroatoms. The maximum Gasteiger partial charge on any atom is 0.217 e. The van der Waals surface area contributed by atoms with E-state index in [4.69, 9.17) is 4.74 Å². The number of aromatic nitrogens is 1. The summed E-state index contributed by atoms with van der Waals surface area (Å²) in [5.74, 6) is 0.250. The Balaban J connectivity index is 2.49. The lowest BCUT2D eigenvalue weighted by molar-refractivity contribution is 0.393. The number of hydrogen-bond donors (Lipinski definition) is 0. The molecule has 0 aliphatic heterocycles. The maximum absolute atomic E-state index is 12.8. The fraction of sp³-hybridized carbons (Fsp3) is 0.353. The van der Waals surface area contributed by atoms with Gasteiger partial charge in [-0.15, -0.1) is 0 Å². The minimum absolute atomic E-state index is 0.117. The monoisotopic (exact) mass is 319 g/mol. The number of methoxy groups -OCH3 is 1. The van der Waals surface area contributed by atoms with Crippen LogP contribution in [0.5, 0.6) is 5.88 Å². The Morgan fingerprint density at radius 3 is 2.18 bits per heavy atom. The molecular formula is C17H21NO3S. The van der Waals surface area contributed by atoms with Crippen molar-refractivity contribution in [3.63, 3.8) is 0 Å². The summed E-state index contributed by atoms with van der Waals surface area (Å²) < 4.78 is 30.9. The molecule has 118 valence electrons. The van der Waals surface area contributed by atoms with Crippen LogP contribution in [-0.2, 0) is 15.6 Å². The van der Waals surface area contributed by atoms with Crippen LogP contribution < -0.4 is 4.74 Å². The first kappa shape index (κ1) is 16.5. The van der Waals surface area contributed by atoms with Crippen molar-refractivity contribution in [2.24, 2.45) is 0 Å². The van der Waals surface area contributed by atoms with E-state index in [0.29, 0.717) is 16.3 Å². The largest absolute Gasteiger partial charge is 0.481 e. The summed E-state index contributed by atoms with van der Waals surface area (Å²) in [7, 11) is -1.96. The summed E-state index contributed by atoms with van der Waals surface area (Å²) in [5.41, 5.74) is 3.98. The van der Waals surface area contributed by atoms with Gasteiger partial charge in [0.1, 0.15) is 0 Å². The van der Waals surface area contributed by atoms with Crippen molar-refractivity contribution in [1.82, 2.24) is 4.98 Å². The molecular weight excluding hydrogens is 298 g/mol. The van der Waals surface area contributed by atoms with Crippen LogP contribution in [0.3, 0.4) is 0 Å². The van der Waals surface area contributed by atoms with Gasteiger partial charge in [-0.2, -0.15) is 0 Å². The number of rotatable bonds is 4. The van der Waals surface area contributed by atoms with E-state index in [2.05, 4.69) is 4.98 Å². The molecule has 0 saturated carbocycles. The molecule has 1 aromatic heterocycles. The molecule has 0 aliphatic rings. The fourth-order valence-corrected chi connectivity index (χ4v) is 4.65. The Kier molecular flexibility index (Phi) is 4.56. The predicted octanol–water partition coefficient (Wildman–Crippen LogP) is 3.30. The van der Waals surface area contributed by atoms with Crippen molar-refractivity contribution in [2.45, 2.75) is 38.3 Å². The van der Waals surface area contributed by atoms with Crippen LogP contribution in [0.4, 0.5) is 0 Å². The number of benzene rings is 1. The van der Waals surface area contributed by atoms with E-state index in [9.17, 15) is 8.42 Å². The molecule has 4 nitrogen and oxygen atoms in total. The summed E-state index contributed by atoms with van der Waals surface area (Å²) in [6, 6.07) is 7.34. The zero-order chi connectivity index (χ0) is 16.5. The van der Waals surface area contributed by atoms with E-state index < -0.39 is 9.84 Å². The Hall–Kier alpha value is -1.88. The van der Waals surface area contributed by atoms with Crippen molar-refractivity contribution in [1.29, 1.82) is 0 Å². The van der Waals surface area contributed by atoms with E-state index in [-0.39, 0.29) is 5.75 Å². The molecule has 2 rings (SSSR count). The lowest BCUT2D eigenvalue weighted by Crippen LogP contribution is -2.10. The standard InChI is InChI=1S/C17H21NO3S/c1-11-8-12(2)16(13(3)9-11)22(19,20)10-15-7-6-14(4)18-17(15)21-5/h6-9H,10H2,1-5H3. The SMILES string of the molecule is COc1nc(C)ccc1CS(=O)(=O)c1c(C)cc(C)cc1C. The van der Waals surface area contributed by atoms with Gasteiger partial charge in [-0.05, 0) is 44.9 Å². The lowest BCUT2D eigenvalue weighted by atomic mass is 10.1. The van der Waals surface area contributed by atoms with E-state index >= 15 is 0 Å². The van der Waals surface area contributed by atoms with Crippen LogP contribution in [0.1, 0.15) is 27.9 Å². The normalized spacial score (nSPS) is 11.5. The Bertz CT molecular complexity index is 788. The van der Waals surface area contributed by atoms with Gasteiger partial charge in [-0.3, -0.25) is 0 Å². The molecule has 0 N–H and O–H groups in total. The second-order valence-corrected chi connectivity index (χ2v) is 7.53. The molecule has 1 aromatic carbocycles. The van der Waals surface area contributed by atoms with Crippen molar-refractivity contribution in [3.8, 4) is 5.88 Å². The molecule has 0 aliphatic carbocycles. The highest BCUT2D eigenvalue weighted by molar-refractivity contribution is 7.90. The second kappa shape index (κ2) is 6.08. The summed E-state index contributed by atoms with van der Waals surface area (Å²) in [6.07, 6.45) is 0. The van der Waals surface area contributed by atoms with Crippen LogP contribution in [0.25, 0.3) is 0 Å². The fourth-order valence-electron chi connectivity index (χ4n) is 2.78. The van der Waals surface area contributed by atoms with Gasteiger partial charge in [-0.25, -0.2) is 13.4 Å². The highest BCUT2D eigenvalue weighted by Gasteiger charge is 2.22. The van der Waals surface area contributed by atoms with Crippen molar-refractivity contribution in [3.05, 3.63) is 52.2 Å². The van der Waals surface area contributed by atoms with Crippen molar-refractivity contribution < 1.29 is 13.2 Å². The molecule has 0 fully saturated rings. The van der Waals surface area contributed by atoms with Gasteiger partial charge in [0, 0.05) is 11.3 Å². The summed E-state index contributed by atoms with van der Waals surface area (Å²) in [6.45, 7) is 7.47. The van der Waals surface area contributed by atoms with Gasteiger partial charge in [0.25, 0.3) is 0 Å². The smallest absolute Gasteiger partial charge is 0.217 e. The number of ether oxygens (including phenoxy) is 1. The molecule has 22 heavy (non-hydrogen) atoms. The minimum Gasteiger partial charge on any atom is -0.481 e. The molecule has 0 radical (unpaired) electrons. The first-order valence-corrected chi connectivity index (χ1v) is 8.71. The topological polar surface area (TPSA) is 56.3 Å². The van der Waals surface area contributed by atoms with Crippen LogP contribution >= 0.6 is 0 Å². The third kappa shape index (κ3) is 3.30. The molecule has 1 heterocycles. The van der Waals surface area contributed by atoms with E-state index in [1.807, 2.05) is 39.8 Å². The van der Waals surface area contributed by atoms with E-state index in [1.165, 1.54) is 7.11 Å². The van der Waals surface area contributed by atoms with Crippen LogP contribution in [0, 0.1) is 27.7 Å². The summed E-state index contributed by atoms with van der Waals surface area (Å²) in [5, 5.41) is 0. The molecule has 2 aromatic rings. The number of nitrogens with zero attached hydrogens (tertiary/aromatic N) is 1. The zero-order valence-electron chi connectivity index (χ0n) is 13.6. The van der Waals surface area contributed by atoms with Gasteiger partial charge < -0.3 is 4.74 Å². The quantitative estimate of drug-likeness (QED) is 0.867. The number of sulfone groups is 1. The second-order valence-electron chi connectivity index (χ2n) is 5.61. The maximum atomic E-state index is 12.8. The van der Waals surface area contributed by atoms with Crippen molar-refractivity contribution >= 4 is 9.84 Å². The number of hydrogen-bond acceptors (Lipinski definition) is 4. The van der Waals surface area contributed by atoms with Gasteiger partial charge in [0.2, 0.25) is 5.88 Å². The van der Waals surface area contributed by atoms with Crippen LogP contribution in [-0.4, -0.2) is 20.5 Å². The number of pyridine rings is 1. The molecule has 0 bridgehead atoms. The summed E-state index contributed by atoms with van der Waals surface area (Å²) in [4.78, 5) is 4.65. The van der Waals surface area contributed by atoms with E-state index in [1.54, 1.807) is 12.1 Å². The Morgan fingerprint density at radius 2 is 1.64 bits per heavy atom. The van der Waals surface area contributed by atoms with Crippen molar-refractivity contribution in [2.75, 3.05) is 7.11 Å². The van der Waals surface area contributed by atoms with Gasteiger partial charge >= 0.3 is 0 Å². The molecule has 0 spiro atoms. The summed E-state index contributed by atoms with van der Waals surface area (Å²) >= 11 is 0. The third-order valence-electron chi connectivity index (χ3n) is 3.53. The first-order valence-electron chi connectivity index (χ1n) is 7.05. The molecule has 0 unspecified atom stereocenters. The third-order valence-corrected chi connectivity index (χ3v) is 5.49. The molecule has 0 atom stereocenters.